The Morgan fingerprint density at radius 2 is 1.91 bits per heavy atom. The topological polar surface area (TPSA) is 153 Å². The van der Waals surface area contributed by atoms with Crippen molar-refractivity contribution in [2.75, 3.05) is 16.4 Å². The number of anilines is 3. The number of rotatable bonds is 5. The number of nitrogens with two attached hydrogens (primary N) is 2. The summed E-state index contributed by atoms with van der Waals surface area (Å²) in [6.07, 6.45) is 4.90. The van der Waals surface area contributed by atoms with Gasteiger partial charge in [0.05, 0.1) is 39.4 Å². The number of aromatic nitrogens is 5. The second-order valence-electron chi connectivity index (χ2n) is 7.77. The normalized spacial score (nSPS) is 13.1. The molecule has 0 unspecified atom stereocenters. The van der Waals surface area contributed by atoms with Gasteiger partial charge in [-0.25, -0.2) is 4.98 Å². The van der Waals surface area contributed by atoms with Gasteiger partial charge in [-0.15, -0.1) is 0 Å². The fourth-order valence-electron chi connectivity index (χ4n) is 3.83. The third-order valence-corrected chi connectivity index (χ3v) is 6.14. The van der Waals surface area contributed by atoms with Gasteiger partial charge >= 0.3 is 0 Å². The van der Waals surface area contributed by atoms with Gasteiger partial charge < -0.3 is 16.4 Å². The molecule has 4 aromatic rings. The van der Waals surface area contributed by atoms with E-state index in [4.69, 9.17) is 39.7 Å². The van der Waals surface area contributed by atoms with E-state index in [2.05, 4.69) is 21.0 Å². The van der Waals surface area contributed by atoms with Crippen LogP contribution in [0.5, 0.6) is 0 Å². The Morgan fingerprint density at radius 3 is 2.59 bits per heavy atom. The molecule has 10 nitrogen and oxygen atoms in total. The van der Waals surface area contributed by atoms with E-state index >= 15 is 0 Å². The molecule has 1 aliphatic rings. The maximum atomic E-state index is 13.7. The van der Waals surface area contributed by atoms with Gasteiger partial charge in [-0.2, -0.15) is 15.2 Å². The molecule has 3 aromatic heterocycles. The molecular formula is C22H17Cl2N9O. The van der Waals surface area contributed by atoms with Crippen molar-refractivity contribution in [3.8, 4) is 11.8 Å². The number of pyridine rings is 1. The number of nitrogen functional groups attached to an aromatic ring is 2. The van der Waals surface area contributed by atoms with Crippen LogP contribution in [0.15, 0.2) is 41.5 Å². The third-order valence-electron chi connectivity index (χ3n) is 5.52. The van der Waals surface area contributed by atoms with Crippen molar-refractivity contribution in [1.29, 1.82) is 5.26 Å². The van der Waals surface area contributed by atoms with Crippen LogP contribution in [-0.2, 0) is 6.54 Å². The molecule has 5 rings (SSSR count). The van der Waals surface area contributed by atoms with E-state index in [1.165, 1.54) is 4.57 Å². The fraction of sp³-hybridized carbons (Fsp3) is 0.182. The number of halogens is 2. The summed E-state index contributed by atoms with van der Waals surface area (Å²) in [5.74, 6) is 0.588. The molecule has 1 aromatic carbocycles. The molecule has 3 heterocycles. The van der Waals surface area contributed by atoms with E-state index in [9.17, 15) is 10.1 Å². The van der Waals surface area contributed by atoms with Crippen LogP contribution in [0.25, 0.3) is 16.6 Å². The van der Waals surface area contributed by atoms with E-state index in [-0.39, 0.29) is 45.8 Å². The largest absolute Gasteiger partial charge is 0.382 e. The van der Waals surface area contributed by atoms with Gasteiger partial charge in [-0.3, -0.25) is 14.3 Å². The Bertz CT molecular complexity index is 1530. The molecular weight excluding hydrogens is 477 g/mol. The highest BCUT2D eigenvalue weighted by Crippen LogP contribution is 2.36. The van der Waals surface area contributed by atoms with Gasteiger partial charge in [-0.1, -0.05) is 23.2 Å². The molecule has 1 fully saturated rings. The molecule has 1 saturated carbocycles. The lowest BCUT2D eigenvalue weighted by Gasteiger charge is -2.26. The van der Waals surface area contributed by atoms with E-state index in [1.807, 2.05) is 4.90 Å². The number of benzene rings is 1. The van der Waals surface area contributed by atoms with Crippen LogP contribution in [0.2, 0.25) is 10.0 Å². The number of nitrogens with zero attached hydrogens (tertiary/aromatic N) is 7. The average molecular weight is 494 g/mol. The molecule has 0 aliphatic heterocycles. The van der Waals surface area contributed by atoms with Crippen molar-refractivity contribution < 1.29 is 0 Å². The monoisotopic (exact) mass is 493 g/mol. The highest BCUT2D eigenvalue weighted by molar-refractivity contribution is 6.39. The lowest BCUT2D eigenvalue weighted by atomic mass is 10.2. The van der Waals surface area contributed by atoms with Crippen molar-refractivity contribution >= 4 is 51.7 Å². The minimum absolute atomic E-state index is 0.0124. The highest BCUT2D eigenvalue weighted by atomic mass is 35.5. The Kier molecular flexibility index (Phi) is 5.43. The predicted octanol–water partition coefficient (Wildman–Crippen LogP) is 3.08. The van der Waals surface area contributed by atoms with E-state index in [0.717, 1.165) is 12.8 Å². The first kappa shape index (κ1) is 21.9. The molecule has 0 bridgehead atoms. The fourth-order valence-corrected chi connectivity index (χ4v) is 4.27. The first-order valence-electron chi connectivity index (χ1n) is 10.3. The van der Waals surface area contributed by atoms with Crippen molar-refractivity contribution in [2.24, 2.45) is 0 Å². The molecule has 0 atom stereocenters. The van der Waals surface area contributed by atoms with Gasteiger partial charge in [-0.05, 0) is 37.1 Å². The Hall–Kier alpha value is -3.94. The molecule has 34 heavy (non-hydrogen) atoms. The van der Waals surface area contributed by atoms with Crippen LogP contribution < -0.4 is 21.9 Å². The van der Waals surface area contributed by atoms with Crippen LogP contribution in [0.3, 0.4) is 0 Å². The number of fused-ring (bicyclic) bond motifs is 1. The summed E-state index contributed by atoms with van der Waals surface area (Å²) < 4.78 is 1.44. The van der Waals surface area contributed by atoms with Crippen LogP contribution in [-0.4, -0.2) is 30.5 Å². The smallest absolute Gasteiger partial charge is 0.267 e. The van der Waals surface area contributed by atoms with Gasteiger partial charge in [0, 0.05) is 12.2 Å². The lowest BCUT2D eigenvalue weighted by molar-refractivity contribution is 0.709. The van der Waals surface area contributed by atoms with E-state index in [1.54, 1.807) is 36.7 Å². The first-order chi connectivity index (χ1) is 16.4. The standard InChI is InChI=1S/C22H17Cl2N9O/c23-14-5-6-15(24)18-17(14)21(34)33(12-2-1-7-28-9-12)16(29-18)10-32(11-3-4-11)20-13(8-25)19(26)30-22(27)31-20/h1-2,5-7,9,11H,3-4,10H2,(H4,26,27,30,31). The van der Waals surface area contributed by atoms with Crippen molar-refractivity contribution in [3.63, 3.8) is 0 Å². The van der Waals surface area contributed by atoms with Gasteiger partial charge in [0.2, 0.25) is 5.95 Å². The minimum atomic E-state index is -0.390. The maximum absolute atomic E-state index is 13.7. The maximum Gasteiger partial charge on any atom is 0.267 e. The van der Waals surface area contributed by atoms with Crippen LogP contribution >= 0.6 is 23.2 Å². The zero-order chi connectivity index (χ0) is 24.0. The summed E-state index contributed by atoms with van der Waals surface area (Å²) in [6.45, 7) is 0.123. The second-order valence-corrected chi connectivity index (χ2v) is 8.58. The lowest BCUT2D eigenvalue weighted by Crippen LogP contribution is -2.33. The molecule has 0 spiro atoms. The van der Waals surface area contributed by atoms with Crippen LogP contribution in [0, 0.1) is 11.3 Å². The van der Waals surface area contributed by atoms with Crippen LogP contribution in [0.4, 0.5) is 17.6 Å². The van der Waals surface area contributed by atoms with Gasteiger partial charge in [0.1, 0.15) is 23.3 Å². The summed E-state index contributed by atoms with van der Waals surface area (Å²) >= 11 is 12.8. The molecule has 12 heteroatoms. The van der Waals surface area contributed by atoms with E-state index < -0.39 is 5.56 Å². The number of hydrogen-bond donors (Lipinski definition) is 2. The van der Waals surface area contributed by atoms with Crippen LogP contribution in [0.1, 0.15) is 24.2 Å². The third kappa shape index (κ3) is 3.75. The second kappa shape index (κ2) is 8.44. The summed E-state index contributed by atoms with van der Waals surface area (Å²) in [5.41, 5.74) is 12.3. The van der Waals surface area contributed by atoms with Gasteiger partial charge in [0.25, 0.3) is 5.56 Å². The first-order valence-corrected chi connectivity index (χ1v) is 11.0. The van der Waals surface area contributed by atoms with Crippen molar-refractivity contribution in [1.82, 2.24) is 24.5 Å². The Balaban J connectivity index is 1.76. The quantitative estimate of drug-likeness (QED) is 0.426. The average Bonchev–Trinajstić information content (AvgIpc) is 3.65. The zero-order valence-corrected chi connectivity index (χ0v) is 19.1. The molecule has 0 saturated heterocycles. The summed E-state index contributed by atoms with van der Waals surface area (Å²) in [5, 5.41) is 10.4. The van der Waals surface area contributed by atoms with Gasteiger partial charge in [0.15, 0.2) is 5.82 Å². The minimum Gasteiger partial charge on any atom is -0.382 e. The molecule has 170 valence electrons. The Morgan fingerprint density at radius 1 is 1.15 bits per heavy atom. The van der Waals surface area contributed by atoms with Crippen molar-refractivity contribution in [3.05, 3.63) is 68.4 Å². The number of nitriles is 1. The Labute approximate surface area is 203 Å². The van der Waals surface area contributed by atoms with E-state index in [0.29, 0.717) is 22.4 Å². The molecule has 1 aliphatic carbocycles. The summed E-state index contributed by atoms with van der Waals surface area (Å²) in [7, 11) is 0. The molecule has 0 amide bonds. The molecule has 0 radical (unpaired) electrons. The SMILES string of the molecule is N#Cc1c(N)nc(N)nc1N(Cc1nc2c(Cl)ccc(Cl)c2c(=O)n1-c1cccnc1)C1CC1. The molecule has 4 N–H and O–H groups in total. The summed E-state index contributed by atoms with van der Waals surface area (Å²) in [6, 6.07) is 8.73. The summed E-state index contributed by atoms with van der Waals surface area (Å²) in [4.78, 5) is 32.6. The number of hydrogen-bond acceptors (Lipinski definition) is 9. The van der Waals surface area contributed by atoms with Crippen molar-refractivity contribution in [2.45, 2.75) is 25.4 Å². The zero-order valence-electron chi connectivity index (χ0n) is 17.6. The predicted molar refractivity (Wildman–Crippen MR) is 130 cm³/mol. The highest BCUT2D eigenvalue weighted by Gasteiger charge is 2.34.